The quantitative estimate of drug-likeness (QED) is 0.892. The first kappa shape index (κ1) is 13.5. The van der Waals surface area contributed by atoms with Crippen LogP contribution in [0.15, 0.2) is 36.4 Å². The fourth-order valence-electron chi connectivity index (χ4n) is 1.63. The van der Waals surface area contributed by atoms with E-state index in [-0.39, 0.29) is 5.75 Å². The van der Waals surface area contributed by atoms with Crippen molar-refractivity contribution >= 4 is 28.9 Å². The van der Waals surface area contributed by atoms with E-state index < -0.39 is 0 Å². The molecule has 0 aliphatic carbocycles. The highest BCUT2D eigenvalue weighted by atomic mass is 35.5. The summed E-state index contributed by atoms with van der Waals surface area (Å²) in [5, 5.41) is 22.5. The highest BCUT2D eigenvalue weighted by Crippen LogP contribution is 2.28. The number of rotatable bonds is 3. The van der Waals surface area contributed by atoms with Gasteiger partial charge in [-0.3, -0.25) is 0 Å². The number of benzene rings is 2. The molecule has 2 N–H and O–H groups in total. The van der Waals surface area contributed by atoms with E-state index in [0.29, 0.717) is 33.4 Å². The van der Waals surface area contributed by atoms with Crippen LogP contribution in [0.1, 0.15) is 11.1 Å². The number of halogens is 2. The molecule has 0 aliphatic heterocycles. The number of aromatic hydroxyl groups is 1. The summed E-state index contributed by atoms with van der Waals surface area (Å²) in [5.41, 5.74) is 1.78. The molecule has 0 fully saturated rings. The number of phenols is 1. The lowest BCUT2D eigenvalue weighted by Gasteiger charge is -2.11. The van der Waals surface area contributed by atoms with Gasteiger partial charge in [-0.2, -0.15) is 5.26 Å². The molecule has 0 saturated carbocycles. The summed E-state index contributed by atoms with van der Waals surface area (Å²) in [6, 6.07) is 11.9. The van der Waals surface area contributed by atoms with Crippen molar-refractivity contribution in [2.24, 2.45) is 0 Å². The molecule has 0 aliphatic rings. The van der Waals surface area contributed by atoms with Crippen LogP contribution in [0, 0.1) is 11.3 Å². The second kappa shape index (κ2) is 5.83. The van der Waals surface area contributed by atoms with Gasteiger partial charge in [-0.15, -0.1) is 0 Å². The van der Waals surface area contributed by atoms with E-state index in [0.717, 1.165) is 0 Å². The van der Waals surface area contributed by atoms with Crippen LogP contribution in [0.2, 0.25) is 10.0 Å². The van der Waals surface area contributed by atoms with Gasteiger partial charge in [0.1, 0.15) is 5.75 Å². The summed E-state index contributed by atoms with van der Waals surface area (Å²) in [7, 11) is 0. The Morgan fingerprint density at radius 2 is 1.95 bits per heavy atom. The van der Waals surface area contributed by atoms with Crippen molar-refractivity contribution in [3.05, 3.63) is 57.6 Å². The second-order valence-electron chi connectivity index (χ2n) is 3.90. The van der Waals surface area contributed by atoms with Crippen LogP contribution in [0.4, 0.5) is 5.69 Å². The fourth-order valence-corrected chi connectivity index (χ4v) is 2.12. The number of hydrogen-bond donors (Lipinski definition) is 2. The molecular weight excluding hydrogens is 283 g/mol. The molecule has 0 aromatic heterocycles. The first-order valence-corrected chi connectivity index (χ1v) is 6.27. The Labute approximate surface area is 121 Å². The number of phenolic OH excluding ortho intramolecular Hbond substituents is 1. The third-order valence-electron chi connectivity index (χ3n) is 2.65. The predicted molar refractivity (Wildman–Crippen MR) is 76.6 cm³/mol. The predicted octanol–water partition coefficient (Wildman–Crippen LogP) is 4.18. The van der Waals surface area contributed by atoms with Gasteiger partial charge in [0.2, 0.25) is 0 Å². The fraction of sp³-hybridized carbons (Fsp3) is 0.0714. The second-order valence-corrected chi connectivity index (χ2v) is 4.71. The maximum Gasteiger partial charge on any atom is 0.122 e. The van der Waals surface area contributed by atoms with Crippen LogP contribution in [-0.2, 0) is 6.54 Å². The minimum atomic E-state index is 0.129. The van der Waals surface area contributed by atoms with E-state index in [1.807, 2.05) is 6.07 Å². The SMILES string of the molecule is N#Cc1ccc(NCc2c(O)cccc2Cl)c(Cl)c1. The largest absolute Gasteiger partial charge is 0.508 e. The molecule has 2 aromatic carbocycles. The summed E-state index contributed by atoms with van der Waals surface area (Å²) >= 11 is 12.1. The van der Waals surface area contributed by atoms with Crippen molar-refractivity contribution in [2.75, 3.05) is 5.32 Å². The van der Waals surface area contributed by atoms with Gasteiger partial charge in [-0.25, -0.2) is 0 Å². The van der Waals surface area contributed by atoms with Gasteiger partial charge >= 0.3 is 0 Å². The molecule has 0 radical (unpaired) electrons. The lowest BCUT2D eigenvalue weighted by atomic mass is 10.2. The third-order valence-corrected chi connectivity index (χ3v) is 3.31. The molecule has 0 bridgehead atoms. The molecule has 0 unspecified atom stereocenters. The smallest absolute Gasteiger partial charge is 0.122 e. The van der Waals surface area contributed by atoms with Gasteiger partial charge in [0, 0.05) is 17.1 Å². The number of hydrogen-bond acceptors (Lipinski definition) is 3. The highest BCUT2D eigenvalue weighted by Gasteiger charge is 2.07. The summed E-state index contributed by atoms with van der Waals surface area (Å²) in [5.74, 6) is 0.129. The lowest BCUT2D eigenvalue weighted by molar-refractivity contribution is 0.469. The zero-order chi connectivity index (χ0) is 13.8. The van der Waals surface area contributed by atoms with E-state index in [4.69, 9.17) is 28.5 Å². The van der Waals surface area contributed by atoms with Gasteiger partial charge in [0.15, 0.2) is 0 Å². The zero-order valence-corrected chi connectivity index (χ0v) is 11.3. The molecule has 0 saturated heterocycles. The van der Waals surface area contributed by atoms with Crippen molar-refractivity contribution in [1.82, 2.24) is 0 Å². The molecule has 2 rings (SSSR count). The summed E-state index contributed by atoms with van der Waals surface area (Å²) in [6.45, 7) is 0.344. The first-order chi connectivity index (χ1) is 9.11. The topological polar surface area (TPSA) is 56.0 Å². The van der Waals surface area contributed by atoms with Crippen LogP contribution < -0.4 is 5.32 Å². The van der Waals surface area contributed by atoms with Crippen molar-refractivity contribution in [3.63, 3.8) is 0 Å². The molecule has 0 spiro atoms. The summed E-state index contributed by atoms with van der Waals surface area (Å²) in [6.07, 6.45) is 0. The minimum absolute atomic E-state index is 0.129. The molecule has 19 heavy (non-hydrogen) atoms. The van der Waals surface area contributed by atoms with Crippen LogP contribution in [0.3, 0.4) is 0 Å². The Hall–Kier alpha value is -1.89. The summed E-state index contributed by atoms with van der Waals surface area (Å²) < 4.78 is 0. The van der Waals surface area contributed by atoms with Crippen LogP contribution in [-0.4, -0.2) is 5.11 Å². The third kappa shape index (κ3) is 3.11. The Morgan fingerprint density at radius 1 is 1.16 bits per heavy atom. The molecular formula is C14H10Cl2N2O. The van der Waals surface area contributed by atoms with Gasteiger partial charge in [0.05, 0.1) is 22.3 Å². The number of nitrogens with one attached hydrogen (secondary N) is 1. The highest BCUT2D eigenvalue weighted by molar-refractivity contribution is 6.33. The lowest BCUT2D eigenvalue weighted by Crippen LogP contribution is -2.01. The average Bonchev–Trinajstić information content (AvgIpc) is 2.39. The van der Waals surface area contributed by atoms with Crippen molar-refractivity contribution in [3.8, 4) is 11.8 Å². The molecule has 96 valence electrons. The Kier molecular flexibility index (Phi) is 4.16. The standard InChI is InChI=1S/C14H10Cl2N2O/c15-11-2-1-3-14(19)10(11)8-18-13-5-4-9(7-17)6-12(13)16/h1-6,18-19H,8H2. The van der Waals surface area contributed by atoms with Crippen molar-refractivity contribution < 1.29 is 5.11 Å². The van der Waals surface area contributed by atoms with Crippen LogP contribution in [0.25, 0.3) is 0 Å². The van der Waals surface area contributed by atoms with Gasteiger partial charge < -0.3 is 10.4 Å². The Morgan fingerprint density at radius 3 is 2.58 bits per heavy atom. The van der Waals surface area contributed by atoms with Crippen molar-refractivity contribution in [1.29, 1.82) is 5.26 Å². The minimum Gasteiger partial charge on any atom is -0.508 e. The van der Waals surface area contributed by atoms with Crippen LogP contribution in [0.5, 0.6) is 5.75 Å². The Bertz CT molecular complexity index is 630. The molecule has 0 amide bonds. The summed E-state index contributed by atoms with van der Waals surface area (Å²) in [4.78, 5) is 0. The number of nitriles is 1. The maximum atomic E-state index is 9.72. The van der Waals surface area contributed by atoms with Gasteiger partial charge in [-0.05, 0) is 30.3 Å². The molecule has 0 heterocycles. The van der Waals surface area contributed by atoms with Gasteiger partial charge in [0.25, 0.3) is 0 Å². The van der Waals surface area contributed by atoms with E-state index in [9.17, 15) is 5.11 Å². The van der Waals surface area contributed by atoms with E-state index >= 15 is 0 Å². The number of nitrogens with zero attached hydrogens (tertiary/aromatic N) is 1. The monoisotopic (exact) mass is 292 g/mol. The van der Waals surface area contributed by atoms with E-state index in [1.165, 1.54) is 0 Å². The van der Waals surface area contributed by atoms with Crippen LogP contribution >= 0.6 is 23.2 Å². The van der Waals surface area contributed by atoms with E-state index in [1.54, 1.807) is 36.4 Å². The van der Waals surface area contributed by atoms with Gasteiger partial charge in [-0.1, -0.05) is 29.3 Å². The average molecular weight is 293 g/mol. The normalized spacial score (nSPS) is 9.95. The zero-order valence-electron chi connectivity index (χ0n) is 9.82. The molecule has 3 nitrogen and oxygen atoms in total. The number of anilines is 1. The van der Waals surface area contributed by atoms with Crippen molar-refractivity contribution in [2.45, 2.75) is 6.54 Å². The van der Waals surface area contributed by atoms with E-state index in [2.05, 4.69) is 5.32 Å². The molecule has 5 heteroatoms. The molecule has 0 atom stereocenters. The maximum absolute atomic E-state index is 9.72. The Balaban J connectivity index is 2.17. The molecule has 2 aromatic rings. The first-order valence-electron chi connectivity index (χ1n) is 5.51.